The molecular formula is C23H22Cl4N2O2. The molecule has 0 heterocycles. The third-order valence-electron chi connectivity index (χ3n) is 6.47. The fourth-order valence-electron chi connectivity index (χ4n) is 4.99. The molecule has 2 aromatic carbocycles. The number of phenols is 2. The van der Waals surface area contributed by atoms with E-state index in [1.807, 2.05) is 0 Å². The van der Waals surface area contributed by atoms with Gasteiger partial charge >= 0.3 is 0 Å². The lowest BCUT2D eigenvalue weighted by Gasteiger charge is -2.33. The fraction of sp³-hybridized carbons (Fsp3) is 0.391. The van der Waals surface area contributed by atoms with Crippen molar-refractivity contribution in [2.75, 3.05) is 0 Å². The minimum atomic E-state index is -0.0387. The van der Waals surface area contributed by atoms with Gasteiger partial charge in [0.25, 0.3) is 0 Å². The molecule has 8 heteroatoms. The lowest BCUT2D eigenvalue weighted by Crippen LogP contribution is -2.35. The van der Waals surface area contributed by atoms with Crippen LogP contribution < -0.4 is 0 Å². The van der Waals surface area contributed by atoms with Crippen LogP contribution in [0.3, 0.4) is 0 Å². The van der Waals surface area contributed by atoms with Gasteiger partial charge in [0.1, 0.15) is 11.5 Å². The summed E-state index contributed by atoms with van der Waals surface area (Å²) >= 11 is 24.2. The van der Waals surface area contributed by atoms with Gasteiger partial charge in [-0.15, -0.1) is 0 Å². The Balaban J connectivity index is 1.60. The van der Waals surface area contributed by atoms with Crippen molar-refractivity contribution >= 4 is 58.8 Å². The van der Waals surface area contributed by atoms with E-state index in [0.717, 1.165) is 38.5 Å². The first-order chi connectivity index (χ1) is 14.8. The largest absolute Gasteiger partial charge is 0.506 e. The van der Waals surface area contributed by atoms with E-state index in [4.69, 9.17) is 56.4 Å². The van der Waals surface area contributed by atoms with E-state index in [1.54, 1.807) is 24.6 Å². The van der Waals surface area contributed by atoms with Gasteiger partial charge in [0.05, 0.1) is 22.1 Å². The number of hydrogen-bond donors (Lipinski definition) is 2. The molecule has 0 bridgehead atoms. The van der Waals surface area contributed by atoms with Gasteiger partial charge in [-0.2, -0.15) is 0 Å². The summed E-state index contributed by atoms with van der Waals surface area (Å²) < 4.78 is 0. The summed E-state index contributed by atoms with van der Waals surface area (Å²) in [6, 6.07) is 6.50. The lowest BCUT2D eigenvalue weighted by molar-refractivity contribution is 0.238. The molecule has 2 aliphatic carbocycles. The molecule has 0 aromatic heterocycles. The van der Waals surface area contributed by atoms with Crippen molar-refractivity contribution in [2.45, 2.75) is 50.6 Å². The Morgan fingerprint density at radius 1 is 0.742 bits per heavy atom. The van der Waals surface area contributed by atoms with Gasteiger partial charge in [-0.05, 0) is 49.9 Å². The summed E-state index contributed by atoms with van der Waals surface area (Å²) in [5, 5.41) is 21.8. The van der Waals surface area contributed by atoms with Crippen molar-refractivity contribution in [1.82, 2.24) is 0 Å². The zero-order valence-corrected chi connectivity index (χ0v) is 19.7. The molecule has 164 valence electrons. The molecule has 2 aromatic rings. The second-order valence-electron chi connectivity index (χ2n) is 8.26. The summed E-state index contributed by atoms with van der Waals surface area (Å²) in [6.45, 7) is 0. The minimum absolute atomic E-state index is 0.0174. The third kappa shape index (κ3) is 4.54. The SMILES string of the molecule is Oc1c(Cl)cc(Cl)cc1C=N[C@H]1CCCC12CCC[C@@H]2N=Cc1cc(Cl)cc(Cl)c1O. The summed E-state index contributed by atoms with van der Waals surface area (Å²) in [4.78, 5) is 9.71. The van der Waals surface area contributed by atoms with Crippen LogP contribution in [0.4, 0.5) is 0 Å². The first-order valence-corrected chi connectivity index (χ1v) is 11.7. The summed E-state index contributed by atoms with van der Waals surface area (Å²) in [5.74, 6) is -0.0349. The summed E-state index contributed by atoms with van der Waals surface area (Å²) in [7, 11) is 0. The maximum atomic E-state index is 10.2. The van der Waals surface area contributed by atoms with Gasteiger partial charge in [-0.25, -0.2) is 0 Å². The molecule has 31 heavy (non-hydrogen) atoms. The van der Waals surface area contributed by atoms with Crippen molar-refractivity contribution in [3.63, 3.8) is 0 Å². The van der Waals surface area contributed by atoms with Gasteiger partial charge in [-0.3, -0.25) is 9.98 Å². The average Bonchev–Trinajstić information content (AvgIpc) is 3.32. The van der Waals surface area contributed by atoms with E-state index in [0.29, 0.717) is 21.2 Å². The van der Waals surface area contributed by atoms with Crippen LogP contribution in [0.25, 0.3) is 0 Å². The Morgan fingerprint density at radius 3 is 1.58 bits per heavy atom. The second kappa shape index (κ2) is 9.19. The highest BCUT2D eigenvalue weighted by molar-refractivity contribution is 6.36. The van der Waals surface area contributed by atoms with Crippen molar-refractivity contribution in [2.24, 2.45) is 15.4 Å². The van der Waals surface area contributed by atoms with Crippen LogP contribution in [0.5, 0.6) is 11.5 Å². The Bertz CT molecular complexity index is 971. The molecule has 2 aliphatic rings. The van der Waals surface area contributed by atoms with E-state index in [9.17, 15) is 10.2 Å². The second-order valence-corrected chi connectivity index (χ2v) is 9.94. The van der Waals surface area contributed by atoms with Gasteiger partial charge in [-0.1, -0.05) is 59.2 Å². The number of nitrogens with zero attached hydrogens (tertiary/aromatic N) is 2. The number of halogens is 4. The van der Waals surface area contributed by atoms with E-state index in [-0.39, 0.29) is 39.0 Å². The number of hydrogen-bond acceptors (Lipinski definition) is 4. The Hall–Kier alpha value is -1.46. The molecular weight excluding hydrogens is 478 g/mol. The van der Waals surface area contributed by atoms with Crippen LogP contribution in [0.15, 0.2) is 34.3 Å². The predicted octanol–water partition coefficient (Wildman–Crippen LogP) is 7.34. The van der Waals surface area contributed by atoms with Crippen molar-refractivity contribution in [1.29, 1.82) is 0 Å². The van der Waals surface area contributed by atoms with Gasteiger partial charge in [0.2, 0.25) is 0 Å². The highest BCUT2D eigenvalue weighted by atomic mass is 35.5. The zero-order chi connectivity index (χ0) is 22.2. The Labute approximate surface area is 201 Å². The van der Waals surface area contributed by atoms with E-state index >= 15 is 0 Å². The standard InChI is InChI=1S/C23H22Cl4N2O2/c24-15-7-13(21(30)17(26)9-15)11-28-19-3-1-5-23(19)6-2-4-20(23)29-12-14-8-16(25)10-18(27)22(14)31/h7-12,19-20,30-31H,1-6H2/t19-,20-,23?/m0/s1. The van der Waals surface area contributed by atoms with E-state index in [1.165, 1.54) is 12.1 Å². The highest BCUT2D eigenvalue weighted by Crippen LogP contribution is 2.53. The highest BCUT2D eigenvalue weighted by Gasteiger charge is 2.51. The molecule has 4 nitrogen and oxygen atoms in total. The van der Waals surface area contributed by atoms with Crippen LogP contribution in [0, 0.1) is 5.41 Å². The van der Waals surface area contributed by atoms with Crippen molar-refractivity contribution in [3.8, 4) is 11.5 Å². The molecule has 1 spiro atoms. The van der Waals surface area contributed by atoms with Crippen LogP contribution >= 0.6 is 46.4 Å². The molecule has 0 aliphatic heterocycles. The number of phenolic OH excluding ortho intramolecular Hbond substituents is 2. The summed E-state index contributed by atoms with van der Waals surface area (Å²) in [6.07, 6.45) is 9.51. The normalized spacial score (nSPS) is 26.1. The van der Waals surface area contributed by atoms with E-state index < -0.39 is 0 Å². The first kappa shape index (κ1) is 22.7. The van der Waals surface area contributed by atoms with Crippen LogP contribution in [0.2, 0.25) is 20.1 Å². The smallest absolute Gasteiger partial charge is 0.143 e. The molecule has 2 N–H and O–H groups in total. The molecule has 0 radical (unpaired) electrons. The van der Waals surface area contributed by atoms with Gasteiger partial charge in [0, 0.05) is 39.0 Å². The zero-order valence-electron chi connectivity index (χ0n) is 16.7. The quantitative estimate of drug-likeness (QED) is 0.432. The van der Waals surface area contributed by atoms with Crippen LogP contribution in [-0.4, -0.2) is 34.7 Å². The lowest BCUT2D eigenvalue weighted by atomic mass is 9.78. The number of aliphatic imine (C=N–C) groups is 2. The number of rotatable bonds is 4. The molecule has 4 rings (SSSR count). The van der Waals surface area contributed by atoms with Gasteiger partial charge in [0.15, 0.2) is 0 Å². The molecule has 0 unspecified atom stereocenters. The Morgan fingerprint density at radius 2 is 1.16 bits per heavy atom. The third-order valence-corrected chi connectivity index (χ3v) is 7.48. The first-order valence-electron chi connectivity index (χ1n) is 10.2. The average molecular weight is 500 g/mol. The van der Waals surface area contributed by atoms with Crippen molar-refractivity contribution < 1.29 is 10.2 Å². The summed E-state index contributed by atoms with van der Waals surface area (Å²) in [5.41, 5.74) is 0.982. The molecule has 2 fully saturated rings. The predicted molar refractivity (Wildman–Crippen MR) is 129 cm³/mol. The van der Waals surface area contributed by atoms with Crippen LogP contribution in [0.1, 0.15) is 49.7 Å². The molecule has 0 saturated heterocycles. The van der Waals surface area contributed by atoms with Gasteiger partial charge < -0.3 is 10.2 Å². The maximum absolute atomic E-state index is 10.2. The fourth-order valence-corrected chi connectivity index (χ4v) is 6.01. The monoisotopic (exact) mass is 498 g/mol. The number of aromatic hydroxyl groups is 2. The topological polar surface area (TPSA) is 65.2 Å². The minimum Gasteiger partial charge on any atom is -0.506 e. The molecule has 2 atom stereocenters. The van der Waals surface area contributed by atoms with Crippen molar-refractivity contribution in [3.05, 3.63) is 55.5 Å². The number of benzene rings is 2. The Kier molecular flexibility index (Phi) is 6.73. The van der Waals surface area contributed by atoms with Crippen LogP contribution in [-0.2, 0) is 0 Å². The maximum Gasteiger partial charge on any atom is 0.143 e. The molecule has 0 amide bonds. The molecule has 2 saturated carbocycles. The van der Waals surface area contributed by atoms with E-state index in [2.05, 4.69) is 0 Å².